The van der Waals surface area contributed by atoms with E-state index in [0.29, 0.717) is 21.1 Å². The number of nitrogens with one attached hydrogen (secondary N) is 2. The minimum absolute atomic E-state index is 0.0861. The monoisotopic (exact) mass is 514 g/mol. The first-order chi connectivity index (χ1) is 16.3. The zero-order valence-electron chi connectivity index (χ0n) is 17.9. The fourth-order valence-corrected chi connectivity index (χ4v) is 5.57. The van der Waals surface area contributed by atoms with Crippen LogP contribution in [0.4, 0.5) is 10.7 Å². The van der Waals surface area contributed by atoms with Crippen molar-refractivity contribution in [1.29, 1.82) is 0 Å². The van der Waals surface area contributed by atoms with Crippen molar-refractivity contribution in [3.05, 3.63) is 88.9 Å². The van der Waals surface area contributed by atoms with Gasteiger partial charge < -0.3 is 10.1 Å². The first kappa shape index (κ1) is 23.7. The van der Waals surface area contributed by atoms with Crippen molar-refractivity contribution in [2.24, 2.45) is 0 Å². The van der Waals surface area contributed by atoms with Crippen molar-refractivity contribution in [2.75, 3.05) is 16.6 Å². The highest BCUT2D eigenvalue weighted by Crippen LogP contribution is 2.36. The Hall–Kier alpha value is -3.40. The van der Waals surface area contributed by atoms with Crippen LogP contribution in [0.1, 0.15) is 27.6 Å². The molecule has 2 N–H and O–H groups in total. The molecular formula is C24H19ClN2O5S2. The van der Waals surface area contributed by atoms with Crippen LogP contribution >= 0.6 is 22.9 Å². The number of esters is 1. The van der Waals surface area contributed by atoms with Crippen LogP contribution in [-0.2, 0) is 14.8 Å². The highest BCUT2D eigenvalue weighted by atomic mass is 35.5. The van der Waals surface area contributed by atoms with Gasteiger partial charge in [0.2, 0.25) is 0 Å². The van der Waals surface area contributed by atoms with Crippen LogP contribution in [0.25, 0.3) is 10.1 Å². The van der Waals surface area contributed by atoms with Crippen LogP contribution in [0.2, 0.25) is 5.02 Å². The predicted molar refractivity (Wildman–Crippen MR) is 134 cm³/mol. The van der Waals surface area contributed by atoms with Crippen molar-refractivity contribution in [3.63, 3.8) is 0 Å². The summed E-state index contributed by atoms with van der Waals surface area (Å²) < 4.78 is 34.1. The number of fused-ring (bicyclic) bond motifs is 1. The normalized spacial score (nSPS) is 11.2. The van der Waals surface area contributed by atoms with Crippen LogP contribution in [0.3, 0.4) is 0 Å². The van der Waals surface area contributed by atoms with Gasteiger partial charge in [-0.15, -0.1) is 11.3 Å². The largest absolute Gasteiger partial charge is 0.462 e. The van der Waals surface area contributed by atoms with Crippen LogP contribution in [-0.4, -0.2) is 26.9 Å². The number of carbonyl (C=O) groups is 2. The summed E-state index contributed by atoms with van der Waals surface area (Å²) in [6, 6.07) is 19.1. The molecule has 3 aromatic carbocycles. The smallest absolute Gasteiger partial charge is 0.341 e. The van der Waals surface area contributed by atoms with Gasteiger partial charge in [0.15, 0.2) is 0 Å². The molecule has 0 bridgehead atoms. The lowest BCUT2D eigenvalue weighted by atomic mass is 10.1. The third-order valence-corrected chi connectivity index (χ3v) is 7.52. The molecule has 0 saturated carbocycles. The predicted octanol–water partition coefficient (Wildman–Crippen LogP) is 5.78. The van der Waals surface area contributed by atoms with Gasteiger partial charge in [-0.25, -0.2) is 13.2 Å². The van der Waals surface area contributed by atoms with Crippen molar-refractivity contribution >= 4 is 65.6 Å². The number of benzene rings is 3. The molecule has 1 amide bonds. The van der Waals surface area contributed by atoms with Gasteiger partial charge in [0.05, 0.1) is 11.5 Å². The Labute approximate surface area is 205 Å². The molecule has 7 nitrogen and oxygen atoms in total. The van der Waals surface area contributed by atoms with Gasteiger partial charge in [-0.2, -0.15) is 0 Å². The lowest BCUT2D eigenvalue weighted by molar-refractivity contribution is 0.0530. The third kappa shape index (κ3) is 5.06. The summed E-state index contributed by atoms with van der Waals surface area (Å²) in [5.74, 6) is -1.10. The SMILES string of the molecule is CCOC(=O)c1c(NC(=O)c2cccc(S(=O)(=O)Nc3ccc(Cl)cc3)c2)sc2ccccc12. The summed E-state index contributed by atoms with van der Waals surface area (Å²) in [5, 5.41) is 4.22. The maximum absolute atomic E-state index is 13.0. The van der Waals surface area contributed by atoms with E-state index in [-0.39, 0.29) is 22.6 Å². The molecule has 10 heteroatoms. The standard InChI is InChI=1S/C24H19ClN2O5S2/c1-2-32-24(29)21-19-8-3-4-9-20(19)33-23(21)26-22(28)15-6-5-7-18(14-15)34(30,31)27-17-12-10-16(25)11-13-17/h3-14,27H,2H2,1H3,(H,26,28). The number of rotatable bonds is 7. The molecule has 0 fully saturated rings. The maximum atomic E-state index is 13.0. The molecule has 0 atom stereocenters. The molecular weight excluding hydrogens is 496 g/mol. The van der Waals surface area contributed by atoms with E-state index in [0.717, 1.165) is 4.70 Å². The maximum Gasteiger partial charge on any atom is 0.341 e. The Morgan fingerprint density at radius 2 is 1.74 bits per heavy atom. The number of anilines is 2. The van der Waals surface area contributed by atoms with Crippen molar-refractivity contribution in [2.45, 2.75) is 11.8 Å². The van der Waals surface area contributed by atoms with E-state index in [1.807, 2.05) is 12.1 Å². The Morgan fingerprint density at radius 3 is 2.47 bits per heavy atom. The fourth-order valence-electron chi connectivity index (χ4n) is 3.25. The van der Waals surface area contributed by atoms with Gasteiger partial charge >= 0.3 is 5.97 Å². The summed E-state index contributed by atoms with van der Waals surface area (Å²) in [6.07, 6.45) is 0. The molecule has 0 aliphatic rings. The topological polar surface area (TPSA) is 102 Å². The van der Waals surface area contributed by atoms with Crippen LogP contribution in [0.5, 0.6) is 0 Å². The van der Waals surface area contributed by atoms with Crippen molar-refractivity contribution < 1.29 is 22.7 Å². The van der Waals surface area contributed by atoms with E-state index < -0.39 is 21.9 Å². The summed E-state index contributed by atoms with van der Waals surface area (Å²) in [5.41, 5.74) is 0.721. The van der Waals surface area contributed by atoms with Crippen molar-refractivity contribution in [1.82, 2.24) is 0 Å². The summed E-state index contributed by atoms with van der Waals surface area (Å²) in [7, 11) is -3.95. The molecule has 34 heavy (non-hydrogen) atoms. The molecule has 4 rings (SSSR count). The zero-order chi connectivity index (χ0) is 24.3. The number of halogens is 1. The third-order valence-electron chi connectivity index (χ3n) is 4.81. The van der Waals surface area contributed by atoms with E-state index >= 15 is 0 Å². The average Bonchev–Trinajstić information content (AvgIpc) is 3.18. The molecule has 1 aromatic heterocycles. The van der Waals surface area contributed by atoms with Crippen LogP contribution in [0, 0.1) is 0 Å². The summed E-state index contributed by atoms with van der Waals surface area (Å²) >= 11 is 7.09. The van der Waals surface area contributed by atoms with Gasteiger partial charge in [-0.05, 0) is 55.5 Å². The molecule has 0 radical (unpaired) electrons. The van der Waals surface area contributed by atoms with E-state index in [1.54, 1.807) is 31.2 Å². The number of hydrogen-bond donors (Lipinski definition) is 2. The fraction of sp³-hybridized carbons (Fsp3) is 0.0833. The molecule has 1 heterocycles. The first-order valence-electron chi connectivity index (χ1n) is 10.2. The van der Waals surface area contributed by atoms with Gasteiger partial charge in [0, 0.05) is 26.4 Å². The highest BCUT2D eigenvalue weighted by Gasteiger charge is 2.23. The molecule has 0 saturated heterocycles. The van der Waals surface area contributed by atoms with Gasteiger partial charge in [-0.3, -0.25) is 9.52 Å². The molecule has 174 valence electrons. The van der Waals surface area contributed by atoms with Gasteiger partial charge in [0.25, 0.3) is 15.9 Å². The Balaban J connectivity index is 1.62. The number of hydrogen-bond acceptors (Lipinski definition) is 6. The van der Waals surface area contributed by atoms with E-state index in [2.05, 4.69) is 10.0 Å². The molecule has 0 aliphatic heterocycles. The second-order valence-electron chi connectivity index (χ2n) is 7.12. The zero-order valence-corrected chi connectivity index (χ0v) is 20.3. The minimum Gasteiger partial charge on any atom is -0.462 e. The minimum atomic E-state index is -3.95. The molecule has 0 spiro atoms. The lowest BCUT2D eigenvalue weighted by Gasteiger charge is -2.10. The Morgan fingerprint density at radius 1 is 1.00 bits per heavy atom. The Kier molecular flexibility index (Phi) is 6.87. The number of ether oxygens (including phenoxy) is 1. The lowest BCUT2D eigenvalue weighted by Crippen LogP contribution is -2.16. The molecule has 4 aromatic rings. The number of carbonyl (C=O) groups excluding carboxylic acids is 2. The van der Waals surface area contributed by atoms with Gasteiger partial charge in [-0.1, -0.05) is 35.9 Å². The van der Waals surface area contributed by atoms with E-state index in [4.69, 9.17) is 16.3 Å². The first-order valence-corrected chi connectivity index (χ1v) is 12.8. The number of thiophene rings is 1. The average molecular weight is 515 g/mol. The second-order valence-corrected chi connectivity index (χ2v) is 10.3. The highest BCUT2D eigenvalue weighted by molar-refractivity contribution is 7.92. The summed E-state index contributed by atoms with van der Waals surface area (Å²) in [6.45, 7) is 1.89. The van der Waals surface area contributed by atoms with E-state index in [1.165, 1.54) is 47.7 Å². The quantitative estimate of drug-likeness (QED) is 0.304. The van der Waals surface area contributed by atoms with Crippen LogP contribution in [0.15, 0.2) is 77.7 Å². The number of sulfonamides is 1. The second kappa shape index (κ2) is 9.84. The van der Waals surface area contributed by atoms with Gasteiger partial charge in [0.1, 0.15) is 10.6 Å². The van der Waals surface area contributed by atoms with Crippen LogP contribution < -0.4 is 10.0 Å². The number of amides is 1. The van der Waals surface area contributed by atoms with E-state index in [9.17, 15) is 18.0 Å². The molecule has 0 unspecified atom stereocenters. The summed E-state index contributed by atoms with van der Waals surface area (Å²) in [4.78, 5) is 25.5. The van der Waals surface area contributed by atoms with Crippen molar-refractivity contribution in [3.8, 4) is 0 Å². The molecule has 0 aliphatic carbocycles. The Bertz CT molecular complexity index is 1480.